The molecule has 2 unspecified atom stereocenters. The lowest BCUT2D eigenvalue weighted by molar-refractivity contribution is -0.139. The van der Waals surface area contributed by atoms with Gasteiger partial charge < -0.3 is 21.1 Å². The average Bonchev–Trinajstić information content (AvgIpc) is 2.83. The number of terminal acetylenes is 1. The summed E-state index contributed by atoms with van der Waals surface area (Å²) in [6.45, 7) is 8.81. The van der Waals surface area contributed by atoms with Gasteiger partial charge in [-0.15, -0.1) is 0 Å². The van der Waals surface area contributed by atoms with E-state index in [9.17, 15) is 19.2 Å². The Labute approximate surface area is 219 Å². The topological polar surface area (TPSA) is 131 Å². The number of ether oxygens (including phenoxy) is 1. The summed E-state index contributed by atoms with van der Waals surface area (Å²) in [7, 11) is 0. The van der Waals surface area contributed by atoms with E-state index in [2.05, 4.69) is 23.3 Å². The molecule has 1 aromatic carbocycles. The van der Waals surface area contributed by atoms with Crippen molar-refractivity contribution in [2.24, 2.45) is 5.73 Å². The van der Waals surface area contributed by atoms with Crippen LogP contribution in [0.3, 0.4) is 0 Å². The number of hydrogen-bond donors (Lipinski definition) is 3. The number of nitrogens with one attached hydrogen (secondary N) is 2. The SMILES string of the molecule is C#CN(C(=O)C(CCC(N)=O)NC(=O)OC(C)(C)C)C(C(=O)NC1CCCCC1)c1cccc(C=C)c1. The first kappa shape index (κ1) is 29.4. The van der Waals surface area contributed by atoms with Gasteiger partial charge in [0.25, 0.3) is 5.91 Å². The monoisotopic (exact) mass is 510 g/mol. The standard InChI is InChI=1S/C28H38N4O5/c1-6-19-12-11-13-20(18-19)24(25(34)30-21-14-9-8-10-15-21)32(7-2)26(35)22(16-17-23(29)33)31-27(36)37-28(3,4)5/h2,6,11-13,18,21-22,24H,1,8-10,14-17H2,3-5H3,(H2,29,33)(H,30,34)(H,31,36). The Balaban J connectivity index is 2.42. The zero-order valence-electron chi connectivity index (χ0n) is 21.9. The van der Waals surface area contributed by atoms with Crippen LogP contribution >= 0.6 is 0 Å². The van der Waals surface area contributed by atoms with Crippen molar-refractivity contribution in [3.63, 3.8) is 0 Å². The summed E-state index contributed by atoms with van der Waals surface area (Å²) in [5.41, 5.74) is 5.71. The molecule has 2 rings (SSSR count). The minimum Gasteiger partial charge on any atom is -0.444 e. The van der Waals surface area contributed by atoms with Crippen LogP contribution in [0.25, 0.3) is 6.08 Å². The van der Waals surface area contributed by atoms with Crippen molar-refractivity contribution in [1.82, 2.24) is 15.5 Å². The highest BCUT2D eigenvalue weighted by atomic mass is 16.6. The van der Waals surface area contributed by atoms with E-state index in [1.165, 1.54) is 0 Å². The van der Waals surface area contributed by atoms with Crippen molar-refractivity contribution in [3.05, 3.63) is 42.0 Å². The van der Waals surface area contributed by atoms with Crippen LogP contribution in [-0.4, -0.2) is 46.4 Å². The Morgan fingerprint density at radius 3 is 2.49 bits per heavy atom. The number of primary amides is 1. The van der Waals surface area contributed by atoms with Crippen LogP contribution < -0.4 is 16.4 Å². The fraction of sp³-hybridized carbons (Fsp3) is 0.500. The maximum absolute atomic E-state index is 13.7. The summed E-state index contributed by atoms with van der Waals surface area (Å²) >= 11 is 0. The largest absolute Gasteiger partial charge is 0.444 e. The van der Waals surface area contributed by atoms with Gasteiger partial charge >= 0.3 is 6.09 Å². The van der Waals surface area contributed by atoms with E-state index in [1.54, 1.807) is 45.0 Å². The molecule has 4 amide bonds. The highest BCUT2D eigenvalue weighted by molar-refractivity contribution is 5.93. The first-order chi connectivity index (χ1) is 17.4. The second-order valence-electron chi connectivity index (χ2n) is 10.2. The summed E-state index contributed by atoms with van der Waals surface area (Å²) in [6, 6.07) is 6.89. The Kier molecular flexibility index (Phi) is 10.7. The number of benzene rings is 1. The predicted octanol–water partition coefficient (Wildman–Crippen LogP) is 3.40. The van der Waals surface area contributed by atoms with E-state index in [0.29, 0.717) is 5.56 Å². The molecule has 37 heavy (non-hydrogen) atoms. The molecule has 9 heteroatoms. The molecule has 1 fully saturated rings. The van der Waals surface area contributed by atoms with Gasteiger partial charge in [0, 0.05) is 18.5 Å². The fourth-order valence-electron chi connectivity index (χ4n) is 4.23. The molecule has 1 aliphatic rings. The second-order valence-corrected chi connectivity index (χ2v) is 10.2. The summed E-state index contributed by atoms with van der Waals surface area (Å²) in [5, 5.41) is 5.53. The number of hydrogen-bond acceptors (Lipinski definition) is 5. The van der Waals surface area contributed by atoms with Crippen LogP contribution in [0.1, 0.15) is 82.9 Å². The van der Waals surface area contributed by atoms with Gasteiger partial charge in [-0.1, -0.05) is 56.5 Å². The van der Waals surface area contributed by atoms with Crippen molar-refractivity contribution in [2.75, 3.05) is 0 Å². The first-order valence-electron chi connectivity index (χ1n) is 12.5. The number of alkyl carbamates (subject to hydrolysis) is 1. The lowest BCUT2D eigenvalue weighted by Crippen LogP contribution is -2.52. The maximum atomic E-state index is 13.7. The molecule has 1 saturated carbocycles. The highest BCUT2D eigenvalue weighted by Crippen LogP contribution is 2.26. The number of amides is 4. The zero-order chi connectivity index (χ0) is 27.6. The van der Waals surface area contributed by atoms with Gasteiger partial charge in [0.05, 0.1) is 0 Å². The van der Waals surface area contributed by atoms with Gasteiger partial charge in [0.2, 0.25) is 11.8 Å². The van der Waals surface area contributed by atoms with Crippen molar-refractivity contribution >= 4 is 29.9 Å². The molecule has 0 bridgehead atoms. The summed E-state index contributed by atoms with van der Waals surface area (Å²) in [6.07, 6.45) is 11.1. The molecule has 4 N–H and O–H groups in total. The van der Waals surface area contributed by atoms with Crippen LogP contribution in [0.4, 0.5) is 4.79 Å². The molecule has 1 aromatic rings. The minimum absolute atomic E-state index is 0.0217. The highest BCUT2D eigenvalue weighted by Gasteiger charge is 2.36. The molecule has 0 heterocycles. The van der Waals surface area contributed by atoms with Gasteiger partial charge in [0.15, 0.2) is 0 Å². The number of nitrogens with two attached hydrogens (primary N) is 1. The van der Waals surface area contributed by atoms with E-state index in [4.69, 9.17) is 16.9 Å². The quantitative estimate of drug-likeness (QED) is 0.328. The third-order valence-electron chi connectivity index (χ3n) is 5.97. The summed E-state index contributed by atoms with van der Waals surface area (Å²) in [5.74, 6) is -1.81. The lowest BCUT2D eigenvalue weighted by Gasteiger charge is -2.32. The van der Waals surface area contributed by atoms with E-state index in [-0.39, 0.29) is 18.9 Å². The summed E-state index contributed by atoms with van der Waals surface area (Å²) < 4.78 is 5.28. The van der Waals surface area contributed by atoms with Gasteiger partial charge in [-0.25, -0.2) is 4.79 Å². The predicted molar refractivity (Wildman–Crippen MR) is 142 cm³/mol. The molecule has 9 nitrogen and oxygen atoms in total. The Morgan fingerprint density at radius 1 is 1.24 bits per heavy atom. The minimum atomic E-state index is -1.24. The van der Waals surface area contributed by atoms with Gasteiger partial charge in [-0.2, -0.15) is 0 Å². The fourth-order valence-corrected chi connectivity index (χ4v) is 4.23. The first-order valence-corrected chi connectivity index (χ1v) is 12.5. The number of rotatable bonds is 10. The van der Waals surface area contributed by atoms with E-state index < -0.39 is 41.5 Å². The normalized spacial score (nSPS) is 15.4. The smallest absolute Gasteiger partial charge is 0.408 e. The van der Waals surface area contributed by atoms with Crippen LogP contribution in [0.15, 0.2) is 30.8 Å². The molecule has 0 aromatic heterocycles. The Morgan fingerprint density at radius 2 is 1.92 bits per heavy atom. The van der Waals surface area contributed by atoms with Gasteiger partial charge in [-0.05, 0) is 57.2 Å². The third kappa shape index (κ3) is 9.30. The zero-order valence-corrected chi connectivity index (χ0v) is 21.9. The molecule has 1 aliphatic carbocycles. The van der Waals surface area contributed by atoms with Crippen molar-refractivity contribution < 1.29 is 23.9 Å². The number of carbonyl (C=O) groups excluding carboxylic acids is 4. The van der Waals surface area contributed by atoms with E-state index in [1.807, 2.05) is 6.07 Å². The van der Waals surface area contributed by atoms with Crippen molar-refractivity contribution in [3.8, 4) is 12.5 Å². The Hall–Kier alpha value is -3.80. The van der Waals surface area contributed by atoms with Crippen LogP contribution in [0.5, 0.6) is 0 Å². The van der Waals surface area contributed by atoms with E-state index >= 15 is 0 Å². The molecule has 0 saturated heterocycles. The molecule has 200 valence electrons. The average molecular weight is 511 g/mol. The molecule has 0 spiro atoms. The lowest BCUT2D eigenvalue weighted by atomic mass is 9.94. The molecule has 0 aliphatic heterocycles. The van der Waals surface area contributed by atoms with Gasteiger partial charge in [-0.3, -0.25) is 19.3 Å². The summed E-state index contributed by atoms with van der Waals surface area (Å²) in [4.78, 5) is 52.2. The molecular formula is C28H38N4O5. The molecule has 0 radical (unpaired) electrons. The Bertz CT molecular complexity index is 1030. The van der Waals surface area contributed by atoms with Crippen molar-refractivity contribution in [2.45, 2.75) is 89.4 Å². The molecule has 2 atom stereocenters. The molecular weight excluding hydrogens is 472 g/mol. The van der Waals surface area contributed by atoms with Crippen LogP contribution in [0.2, 0.25) is 0 Å². The number of carbonyl (C=O) groups is 4. The van der Waals surface area contributed by atoms with E-state index in [0.717, 1.165) is 42.6 Å². The maximum Gasteiger partial charge on any atom is 0.408 e. The second kappa shape index (κ2) is 13.5. The van der Waals surface area contributed by atoms with Crippen LogP contribution in [-0.2, 0) is 19.1 Å². The van der Waals surface area contributed by atoms with Gasteiger partial charge in [0.1, 0.15) is 17.7 Å². The number of nitrogens with zero attached hydrogens (tertiary/aromatic N) is 1. The van der Waals surface area contributed by atoms with Crippen molar-refractivity contribution in [1.29, 1.82) is 0 Å². The van der Waals surface area contributed by atoms with Crippen LogP contribution in [0, 0.1) is 12.5 Å². The third-order valence-corrected chi connectivity index (χ3v) is 5.97.